The molecule has 90 valence electrons. The summed E-state index contributed by atoms with van der Waals surface area (Å²) >= 11 is 13.1. The standard InChI is InChI=1S/C15H16Cl2/c1-10-9-11(2)14(16)12(3)13(10)15(17)7-5-4-6-8-15/h4-7,9H,8H2,1-3H3. The van der Waals surface area contributed by atoms with Crippen molar-refractivity contribution in [2.24, 2.45) is 0 Å². The van der Waals surface area contributed by atoms with Crippen molar-refractivity contribution < 1.29 is 0 Å². The Kier molecular flexibility index (Phi) is 3.38. The highest BCUT2D eigenvalue weighted by atomic mass is 35.5. The van der Waals surface area contributed by atoms with Crippen molar-refractivity contribution in [2.45, 2.75) is 32.1 Å². The molecule has 1 atom stereocenters. The second-order valence-corrected chi connectivity index (χ2v) is 5.73. The molecule has 1 aromatic rings. The van der Waals surface area contributed by atoms with E-state index in [2.05, 4.69) is 25.1 Å². The van der Waals surface area contributed by atoms with Crippen molar-refractivity contribution in [3.05, 3.63) is 57.6 Å². The summed E-state index contributed by atoms with van der Waals surface area (Å²) in [5.74, 6) is 0. The summed E-state index contributed by atoms with van der Waals surface area (Å²) in [4.78, 5) is -0.444. The monoisotopic (exact) mass is 266 g/mol. The van der Waals surface area contributed by atoms with Gasteiger partial charge in [0.15, 0.2) is 0 Å². The highest BCUT2D eigenvalue weighted by molar-refractivity contribution is 6.32. The maximum Gasteiger partial charge on any atom is 0.0918 e. The molecular formula is C15H16Cl2. The molecule has 2 heteroatoms. The first-order valence-electron chi connectivity index (χ1n) is 5.76. The van der Waals surface area contributed by atoms with Gasteiger partial charge >= 0.3 is 0 Å². The van der Waals surface area contributed by atoms with E-state index >= 15 is 0 Å². The molecular weight excluding hydrogens is 251 g/mol. The summed E-state index contributed by atoms with van der Waals surface area (Å²) in [6.07, 6.45) is 8.99. The van der Waals surface area contributed by atoms with Gasteiger partial charge in [0.25, 0.3) is 0 Å². The summed E-state index contributed by atoms with van der Waals surface area (Å²) in [7, 11) is 0. The van der Waals surface area contributed by atoms with Crippen molar-refractivity contribution in [2.75, 3.05) is 0 Å². The van der Waals surface area contributed by atoms with Crippen LogP contribution in [-0.2, 0) is 4.87 Å². The molecule has 0 heterocycles. The number of benzene rings is 1. The summed E-state index contributed by atoms with van der Waals surface area (Å²) in [5.41, 5.74) is 4.56. The minimum absolute atomic E-state index is 0.444. The summed E-state index contributed by atoms with van der Waals surface area (Å²) in [6.45, 7) is 6.18. The molecule has 0 aromatic heterocycles. The second kappa shape index (κ2) is 4.51. The number of alkyl halides is 1. The Hall–Kier alpha value is -0.720. The first kappa shape index (κ1) is 12.7. The predicted molar refractivity (Wildman–Crippen MR) is 76.1 cm³/mol. The molecule has 0 bridgehead atoms. The smallest absolute Gasteiger partial charge is 0.0918 e. The second-order valence-electron chi connectivity index (χ2n) is 4.68. The van der Waals surface area contributed by atoms with E-state index in [9.17, 15) is 0 Å². The zero-order valence-electron chi connectivity index (χ0n) is 10.3. The zero-order valence-corrected chi connectivity index (χ0v) is 11.9. The average molecular weight is 267 g/mol. The van der Waals surface area contributed by atoms with Crippen LogP contribution in [0, 0.1) is 20.8 Å². The van der Waals surface area contributed by atoms with E-state index in [0.29, 0.717) is 0 Å². The third-order valence-corrected chi connectivity index (χ3v) is 4.37. The topological polar surface area (TPSA) is 0 Å². The lowest BCUT2D eigenvalue weighted by Crippen LogP contribution is -2.19. The van der Waals surface area contributed by atoms with Gasteiger partial charge in [-0.05, 0) is 49.4 Å². The van der Waals surface area contributed by atoms with Crippen molar-refractivity contribution in [1.29, 1.82) is 0 Å². The van der Waals surface area contributed by atoms with E-state index < -0.39 is 4.87 Å². The molecule has 1 unspecified atom stereocenters. The first-order chi connectivity index (χ1) is 7.96. The van der Waals surface area contributed by atoms with Crippen LogP contribution in [0.5, 0.6) is 0 Å². The average Bonchev–Trinajstić information content (AvgIpc) is 2.26. The third-order valence-electron chi connectivity index (χ3n) is 3.32. The molecule has 0 spiro atoms. The lowest BCUT2D eigenvalue weighted by molar-refractivity contribution is 0.749. The number of aryl methyl sites for hydroxylation is 2. The number of hydrogen-bond donors (Lipinski definition) is 0. The van der Waals surface area contributed by atoms with Gasteiger partial charge in [-0.15, -0.1) is 11.6 Å². The largest absolute Gasteiger partial charge is 0.109 e. The highest BCUT2D eigenvalue weighted by Gasteiger charge is 2.30. The Labute approximate surface area is 113 Å². The fourth-order valence-corrected chi connectivity index (χ4v) is 3.18. The Balaban J connectivity index is 2.64. The van der Waals surface area contributed by atoms with Crippen molar-refractivity contribution in [3.63, 3.8) is 0 Å². The van der Waals surface area contributed by atoms with Gasteiger partial charge in [-0.25, -0.2) is 0 Å². The van der Waals surface area contributed by atoms with Gasteiger partial charge in [-0.2, -0.15) is 0 Å². The molecule has 0 N–H and O–H groups in total. The van der Waals surface area contributed by atoms with Gasteiger partial charge in [-0.3, -0.25) is 0 Å². The molecule has 1 aromatic carbocycles. The van der Waals surface area contributed by atoms with E-state index in [1.165, 1.54) is 5.56 Å². The fourth-order valence-electron chi connectivity index (χ4n) is 2.58. The molecule has 0 nitrogen and oxygen atoms in total. The Bertz CT molecular complexity index is 512. The molecule has 2 rings (SSSR count). The Morgan fingerprint density at radius 1 is 1.12 bits per heavy atom. The molecule has 0 fully saturated rings. The van der Waals surface area contributed by atoms with Gasteiger partial charge in [0.1, 0.15) is 0 Å². The summed E-state index contributed by atoms with van der Waals surface area (Å²) < 4.78 is 0. The maximum atomic E-state index is 6.74. The Morgan fingerprint density at radius 3 is 2.41 bits per heavy atom. The van der Waals surface area contributed by atoms with Gasteiger partial charge in [0.2, 0.25) is 0 Å². The molecule has 1 aliphatic carbocycles. The first-order valence-corrected chi connectivity index (χ1v) is 6.51. The summed E-state index contributed by atoms with van der Waals surface area (Å²) in [6, 6.07) is 2.11. The normalized spacial score (nSPS) is 23.1. The third kappa shape index (κ3) is 2.17. The molecule has 17 heavy (non-hydrogen) atoms. The quantitative estimate of drug-likeness (QED) is 0.612. The Morgan fingerprint density at radius 2 is 1.82 bits per heavy atom. The fraction of sp³-hybridized carbons (Fsp3) is 0.333. The number of hydrogen-bond acceptors (Lipinski definition) is 0. The molecule has 0 radical (unpaired) electrons. The van der Waals surface area contributed by atoms with Crippen LogP contribution >= 0.6 is 23.2 Å². The van der Waals surface area contributed by atoms with E-state index in [4.69, 9.17) is 23.2 Å². The van der Waals surface area contributed by atoms with Crippen LogP contribution in [0.2, 0.25) is 5.02 Å². The van der Waals surface area contributed by atoms with E-state index in [1.54, 1.807) is 0 Å². The van der Waals surface area contributed by atoms with Crippen LogP contribution in [-0.4, -0.2) is 0 Å². The van der Waals surface area contributed by atoms with E-state index in [-0.39, 0.29) is 0 Å². The van der Waals surface area contributed by atoms with Crippen LogP contribution in [0.1, 0.15) is 28.7 Å². The van der Waals surface area contributed by atoms with E-state index in [1.807, 2.05) is 26.0 Å². The van der Waals surface area contributed by atoms with Gasteiger partial charge in [0, 0.05) is 5.02 Å². The number of halogens is 2. The van der Waals surface area contributed by atoms with Crippen LogP contribution in [0.15, 0.2) is 30.4 Å². The molecule has 0 saturated heterocycles. The van der Waals surface area contributed by atoms with Crippen molar-refractivity contribution >= 4 is 23.2 Å². The SMILES string of the molecule is Cc1cc(C)c(C2(Cl)C=CC=CC2)c(C)c1Cl. The predicted octanol–water partition coefficient (Wildman–Crippen LogP) is 5.22. The van der Waals surface area contributed by atoms with Crippen LogP contribution in [0.25, 0.3) is 0 Å². The van der Waals surface area contributed by atoms with Gasteiger partial charge < -0.3 is 0 Å². The molecule has 1 aliphatic rings. The van der Waals surface area contributed by atoms with Gasteiger partial charge in [0.05, 0.1) is 4.87 Å². The van der Waals surface area contributed by atoms with Crippen LogP contribution in [0.3, 0.4) is 0 Å². The molecule has 0 saturated carbocycles. The molecule has 0 aliphatic heterocycles. The number of allylic oxidation sites excluding steroid dienone is 4. The zero-order chi connectivity index (χ0) is 12.6. The van der Waals surface area contributed by atoms with Crippen molar-refractivity contribution in [1.82, 2.24) is 0 Å². The highest BCUT2D eigenvalue weighted by Crippen LogP contribution is 2.42. The van der Waals surface area contributed by atoms with Crippen LogP contribution in [0.4, 0.5) is 0 Å². The minimum atomic E-state index is -0.444. The van der Waals surface area contributed by atoms with Crippen LogP contribution < -0.4 is 0 Å². The maximum absolute atomic E-state index is 6.74. The van der Waals surface area contributed by atoms with Gasteiger partial charge in [-0.1, -0.05) is 42.0 Å². The molecule has 0 amide bonds. The van der Waals surface area contributed by atoms with E-state index in [0.717, 1.165) is 28.1 Å². The minimum Gasteiger partial charge on any atom is -0.109 e. The summed E-state index contributed by atoms with van der Waals surface area (Å²) in [5, 5.41) is 0.827. The van der Waals surface area contributed by atoms with Crippen molar-refractivity contribution in [3.8, 4) is 0 Å². The lowest BCUT2D eigenvalue weighted by atomic mass is 9.84. The lowest BCUT2D eigenvalue weighted by Gasteiger charge is -2.29. The number of rotatable bonds is 1.